The Morgan fingerprint density at radius 3 is 3.11 bits per heavy atom. The van der Waals surface area contributed by atoms with Gasteiger partial charge < -0.3 is 5.11 Å². The van der Waals surface area contributed by atoms with Crippen LogP contribution >= 0.6 is 0 Å². The van der Waals surface area contributed by atoms with Crippen LogP contribution in [0.15, 0.2) is 6.33 Å². The molecule has 18 heavy (non-hydrogen) atoms. The van der Waals surface area contributed by atoms with Gasteiger partial charge in [0.25, 0.3) is 0 Å². The zero-order valence-electron chi connectivity index (χ0n) is 11.2. The van der Waals surface area contributed by atoms with E-state index in [2.05, 4.69) is 28.8 Å². The minimum atomic E-state index is -0.601. The van der Waals surface area contributed by atoms with E-state index in [1.807, 2.05) is 4.68 Å². The van der Waals surface area contributed by atoms with E-state index in [9.17, 15) is 5.11 Å². The summed E-state index contributed by atoms with van der Waals surface area (Å²) in [5.74, 6) is 0.918. The molecule has 5 nitrogen and oxygen atoms in total. The molecule has 5 heteroatoms. The summed E-state index contributed by atoms with van der Waals surface area (Å²) in [4.78, 5) is 6.76. The second-order valence-corrected chi connectivity index (χ2v) is 5.94. The second kappa shape index (κ2) is 4.31. The fourth-order valence-electron chi connectivity index (χ4n) is 3.52. The molecule has 0 spiro atoms. The lowest BCUT2D eigenvalue weighted by molar-refractivity contribution is 0.0112. The van der Waals surface area contributed by atoms with E-state index < -0.39 is 5.60 Å². The maximum absolute atomic E-state index is 10.9. The molecular weight excluding hydrogens is 228 g/mol. The second-order valence-electron chi connectivity index (χ2n) is 5.94. The molecule has 1 aromatic heterocycles. The molecular formula is C13H22N4O. The molecule has 0 radical (unpaired) electrons. The van der Waals surface area contributed by atoms with Gasteiger partial charge in [-0.2, -0.15) is 5.10 Å². The zero-order chi connectivity index (χ0) is 12.8. The average Bonchev–Trinajstić information content (AvgIpc) is 2.98. The van der Waals surface area contributed by atoms with E-state index in [-0.39, 0.29) is 0 Å². The first-order valence-electron chi connectivity index (χ1n) is 6.95. The smallest absolute Gasteiger partial charge is 0.138 e. The van der Waals surface area contributed by atoms with Crippen LogP contribution in [0.5, 0.6) is 0 Å². The molecule has 1 N–H and O–H groups in total. The van der Waals surface area contributed by atoms with Crippen LogP contribution in [-0.2, 0) is 6.42 Å². The lowest BCUT2D eigenvalue weighted by Gasteiger charge is -2.29. The Hall–Kier alpha value is -0.940. The van der Waals surface area contributed by atoms with Crippen LogP contribution in [-0.4, -0.2) is 49.5 Å². The average molecular weight is 250 g/mol. The number of hydrogen-bond donors (Lipinski definition) is 1. The Labute approximate surface area is 108 Å². The molecule has 0 amide bonds. The van der Waals surface area contributed by atoms with Gasteiger partial charge in [0, 0.05) is 25.0 Å². The van der Waals surface area contributed by atoms with Crippen molar-refractivity contribution in [3.63, 3.8) is 0 Å². The Morgan fingerprint density at radius 1 is 1.50 bits per heavy atom. The predicted molar refractivity (Wildman–Crippen MR) is 68.3 cm³/mol. The molecule has 2 aliphatic heterocycles. The summed E-state index contributed by atoms with van der Waals surface area (Å²) in [5.41, 5.74) is -0.601. The lowest BCUT2D eigenvalue weighted by Crippen LogP contribution is -2.43. The molecule has 3 heterocycles. The number of aliphatic hydroxyl groups is 1. The quantitative estimate of drug-likeness (QED) is 0.869. The molecule has 2 fully saturated rings. The number of aromatic nitrogens is 3. The van der Waals surface area contributed by atoms with Crippen molar-refractivity contribution in [2.75, 3.05) is 13.1 Å². The lowest BCUT2D eigenvalue weighted by atomic mass is 9.89. The fourth-order valence-corrected chi connectivity index (χ4v) is 3.52. The SMILES string of the molecule is CC(C)n1ncnc1CC1(O)CCN2CCCC21. The summed E-state index contributed by atoms with van der Waals surface area (Å²) in [6, 6.07) is 0.627. The molecule has 2 unspecified atom stereocenters. The van der Waals surface area contributed by atoms with E-state index in [4.69, 9.17) is 0 Å². The van der Waals surface area contributed by atoms with Gasteiger partial charge in [-0.25, -0.2) is 9.67 Å². The largest absolute Gasteiger partial charge is 0.388 e. The number of rotatable bonds is 3. The fraction of sp³-hybridized carbons (Fsp3) is 0.846. The summed E-state index contributed by atoms with van der Waals surface area (Å²) >= 11 is 0. The van der Waals surface area contributed by atoms with Crippen LogP contribution in [0, 0.1) is 0 Å². The number of nitrogens with zero attached hydrogens (tertiary/aromatic N) is 4. The van der Waals surface area contributed by atoms with Crippen LogP contribution < -0.4 is 0 Å². The summed E-state index contributed by atoms with van der Waals surface area (Å²) in [7, 11) is 0. The molecule has 2 saturated heterocycles. The molecule has 3 rings (SSSR count). The van der Waals surface area contributed by atoms with Gasteiger partial charge in [0.2, 0.25) is 0 Å². The van der Waals surface area contributed by atoms with Crippen molar-refractivity contribution in [3.8, 4) is 0 Å². The maximum Gasteiger partial charge on any atom is 0.138 e. The van der Waals surface area contributed by atoms with Gasteiger partial charge in [-0.3, -0.25) is 4.90 Å². The van der Waals surface area contributed by atoms with E-state index >= 15 is 0 Å². The van der Waals surface area contributed by atoms with Crippen molar-refractivity contribution in [1.29, 1.82) is 0 Å². The van der Waals surface area contributed by atoms with Gasteiger partial charge in [-0.15, -0.1) is 0 Å². The third-order valence-electron chi connectivity index (χ3n) is 4.42. The Bertz CT molecular complexity index is 430. The molecule has 2 aliphatic rings. The molecule has 0 saturated carbocycles. The van der Waals surface area contributed by atoms with Gasteiger partial charge in [-0.05, 0) is 39.7 Å². The Morgan fingerprint density at radius 2 is 2.33 bits per heavy atom. The minimum absolute atomic E-state index is 0.298. The summed E-state index contributed by atoms with van der Waals surface area (Å²) < 4.78 is 1.93. The first-order valence-corrected chi connectivity index (χ1v) is 6.95. The first-order chi connectivity index (χ1) is 8.60. The number of fused-ring (bicyclic) bond motifs is 1. The van der Waals surface area contributed by atoms with Gasteiger partial charge in [0.05, 0.1) is 5.60 Å². The van der Waals surface area contributed by atoms with Crippen LogP contribution in [0.25, 0.3) is 0 Å². The van der Waals surface area contributed by atoms with Crippen molar-refractivity contribution in [1.82, 2.24) is 19.7 Å². The molecule has 1 aromatic rings. The highest BCUT2D eigenvalue weighted by Gasteiger charge is 2.48. The molecule has 0 aromatic carbocycles. The maximum atomic E-state index is 10.9. The van der Waals surface area contributed by atoms with Crippen LogP contribution in [0.2, 0.25) is 0 Å². The summed E-state index contributed by atoms with van der Waals surface area (Å²) in [5, 5.41) is 15.2. The summed E-state index contributed by atoms with van der Waals surface area (Å²) in [6.45, 7) is 6.36. The van der Waals surface area contributed by atoms with Crippen molar-refractivity contribution < 1.29 is 5.11 Å². The van der Waals surface area contributed by atoms with Crippen molar-refractivity contribution in [3.05, 3.63) is 12.2 Å². The third-order valence-corrected chi connectivity index (χ3v) is 4.42. The molecule has 100 valence electrons. The molecule has 2 atom stereocenters. The Kier molecular flexibility index (Phi) is 2.90. The molecule has 0 bridgehead atoms. The van der Waals surface area contributed by atoms with Gasteiger partial charge in [-0.1, -0.05) is 0 Å². The Balaban J connectivity index is 1.81. The monoisotopic (exact) mass is 250 g/mol. The van der Waals surface area contributed by atoms with Crippen LogP contribution in [0.4, 0.5) is 0 Å². The highest BCUT2D eigenvalue weighted by Crippen LogP contribution is 2.37. The highest BCUT2D eigenvalue weighted by atomic mass is 16.3. The van der Waals surface area contributed by atoms with E-state index in [0.29, 0.717) is 18.5 Å². The standard InChI is InChI=1S/C13H22N4O/c1-10(2)17-12(14-9-15-17)8-13(18)5-7-16-6-3-4-11(13)16/h9-11,18H,3-8H2,1-2H3. The summed E-state index contributed by atoms with van der Waals surface area (Å²) in [6.07, 6.45) is 5.42. The minimum Gasteiger partial charge on any atom is -0.388 e. The van der Waals surface area contributed by atoms with E-state index in [1.165, 1.54) is 6.42 Å². The van der Waals surface area contributed by atoms with Crippen molar-refractivity contribution in [2.24, 2.45) is 0 Å². The predicted octanol–water partition coefficient (Wildman–Crippen LogP) is 1.00. The van der Waals surface area contributed by atoms with Crippen LogP contribution in [0.3, 0.4) is 0 Å². The van der Waals surface area contributed by atoms with Gasteiger partial charge in [0.1, 0.15) is 12.2 Å². The van der Waals surface area contributed by atoms with Gasteiger partial charge >= 0.3 is 0 Å². The van der Waals surface area contributed by atoms with Crippen molar-refractivity contribution in [2.45, 2.75) is 57.2 Å². The highest BCUT2D eigenvalue weighted by molar-refractivity contribution is 5.08. The zero-order valence-corrected chi connectivity index (χ0v) is 11.2. The molecule has 0 aliphatic carbocycles. The number of hydrogen-bond acceptors (Lipinski definition) is 4. The van der Waals surface area contributed by atoms with Crippen molar-refractivity contribution >= 4 is 0 Å². The normalized spacial score (nSPS) is 32.3. The van der Waals surface area contributed by atoms with E-state index in [0.717, 1.165) is 31.8 Å². The van der Waals surface area contributed by atoms with Gasteiger partial charge in [0.15, 0.2) is 0 Å². The van der Waals surface area contributed by atoms with Crippen LogP contribution in [0.1, 0.15) is 45.0 Å². The van der Waals surface area contributed by atoms with E-state index in [1.54, 1.807) is 6.33 Å². The topological polar surface area (TPSA) is 54.2 Å². The third kappa shape index (κ3) is 1.86. The first kappa shape index (κ1) is 12.1.